The van der Waals surface area contributed by atoms with Crippen LogP contribution in [0.25, 0.3) is 0 Å². The highest BCUT2D eigenvalue weighted by atomic mass is 16.3. The quantitative estimate of drug-likeness (QED) is 0.410. The molecule has 0 radical (unpaired) electrons. The molecule has 34 heavy (non-hydrogen) atoms. The summed E-state index contributed by atoms with van der Waals surface area (Å²) in [6.45, 7) is 0.491. The molecule has 2 unspecified atom stereocenters. The molecule has 1 saturated heterocycles. The van der Waals surface area contributed by atoms with Crippen LogP contribution in [-0.2, 0) is 15.7 Å². The van der Waals surface area contributed by atoms with Crippen molar-refractivity contribution in [1.82, 2.24) is 4.90 Å². The topological polar surface area (TPSA) is 93.1 Å². The minimum absolute atomic E-state index is 0.209. The van der Waals surface area contributed by atoms with Gasteiger partial charge in [-0.15, -0.1) is 0 Å². The second kappa shape index (κ2) is 7.60. The molecule has 3 aromatic carbocycles. The average Bonchev–Trinajstić information content (AvgIpc) is 3.31. The first-order valence-corrected chi connectivity index (χ1v) is 11.2. The Morgan fingerprint density at radius 1 is 1.00 bits per heavy atom. The number of amides is 1. The molecule has 0 saturated carbocycles. The maximum absolute atomic E-state index is 14.5. The molecule has 1 fully saturated rings. The molecule has 1 amide bonds. The lowest BCUT2D eigenvalue weighted by atomic mass is 9.59. The predicted octanol–water partition coefficient (Wildman–Crippen LogP) is 3.47. The first kappa shape index (κ1) is 22.0. The van der Waals surface area contributed by atoms with E-state index in [4.69, 9.17) is 0 Å². The Morgan fingerprint density at radius 3 is 2.38 bits per heavy atom. The Bertz CT molecular complexity index is 1300. The van der Waals surface area contributed by atoms with E-state index in [2.05, 4.69) is 5.32 Å². The fourth-order valence-electron chi connectivity index (χ4n) is 5.76. The van der Waals surface area contributed by atoms with Crippen LogP contribution in [0.3, 0.4) is 0 Å². The van der Waals surface area contributed by atoms with Gasteiger partial charge in [0.2, 0.25) is 0 Å². The molecule has 7 heteroatoms. The summed E-state index contributed by atoms with van der Waals surface area (Å²) in [6.07, 6.45) is 0.365. The number of rotatable bonds is 4. The molecule has 0 aliphatic carbocycles. The van der Waals surface area contributed by atoms with Crippen molar-refractivity contribution >= 4 is 23.1 Å². The van der Waals surface area contributed by atoms with Crippen molar-refractivity contribution in [3.8, 4) is 11.5 Å². The lowest BCUT2D eigenvalue weighted by molar-refractivity contribution is -0.127. The van der Waals surface area contributed by atoms with Gasteiger partial charge in [-0.05, 0) is 61.5 Å². The van der Waals surface area contributed by atoms with E-state index < -0.39 is 11.0 Å². The lowest BCUT2D eigenvalue weighted by Crippen LogP contribution is -2.60. The third-order valence-electron chi connectivity index (χ3n) is 7.41. The van der Waals surface area contributed by atoms with Crippen molar-refractivity contribution in [3.05, 3.63) is 83.4 Å². The van der Waals surface area contributed by atoms with Crippen LogP contribution in [-0.4, -0.2) is 54.5 Å². The summed E-state index contributed by atoms with van der Waals surface area (Å²) in [5.74, 6) is -1.10. The first-order chi connectivity index (χ1) is 16.2. The first-order valence-electron chi connectivity index (χ1n) is 11.2. The molecular weight excluding hydrogens is 430 g/mol. The van der Waals surface area contributed by atoms with E-state index in [1.54, 1.807) is 18.2 Å². The number of carbonyl (C=O) groups is 2. The summed E-state index contributed by atoms with van der Waals surface area (Å²) < 4.78 is 0. The van der Waals surface area contributed by atoms with Gasteiger partial charge in [0.15, 0.2) is 17.3 Å². The molecule has 3 N–H and O–H groups in total. The highest BCUT2D eigenvalue weighted by molar-refractivity contribution is 6.16. The number of likely N-dealkylation sites (tertiary alicyclic amines) is 1. The summed E-state index contributed by atoms with van der Waals surface area (Å²) in [6, 6.07) is 19.2. The Balaban J connectivity index is 1.81. The lowest BCUT2D eigenvalue weighted by Gasteiger charge is -2.44. The molecule has 5 rings (SSSR count). The van der Waals surface area contributed by atoms with E-state index >= 15 is 0 Å². The minimum Gasteiger partial charge on any atom is -0.504 e. The van der Waals surface area contributed by atoms with Crippen LogP contribution in [0.1, 0.15) is 27.9 Å². The van der Waals surface area contributed by atoms with E-state index in [-0.39, 0.29) is 23.2 Å². The number of anilines is 2. The molecule has 2 aliphatic rings. The van der Waals surface area contributed by atoms with Crippen molar-refractivity contribution in [2.24, 2.45) is 0 Å². The molecule has 2 heterocycles. The van der Waals surface area contributed by atoms with Gasteiger partial charge in [-0.3, -0.25) is 14.5 Å². The largest absolute Gasteiger partial charge is 0.504 e. The number of benzene rings is 3. The number of Topliss-reactive ketones (excluding diaryl/α,β-unsaturated/α-hetero) is 1. The van der Waals surface area contributed by atoms with Crippen LogP contribution in [0.5, 0.6) is 11.5 Å². The van der Waals surface area contributed by atoms with Crippen LogP contribution in [0.4, 0.5) is 11.4 Å². The number of hydrogen-bond acceptors (Lipinski definition) is 6. The number of likely N-dealkylation sites (N-methyl/N-ethyl adjacent to an activating group) is 1. The van der Waals surface area contributed by atoms with Gasteiger partial charge in [-0.1, -0.05) is 24.3 Å². The maximum atomic E-state index is 14.5. The van der Waals surface area contributed by atoms with E-state index in [0.717, 1.165) is 11.3 Å². The van der Waals surface area contributed by atoms with Crippen LogP contribution >= 0.6 is 0 Å². The maximum Gasteiger partial charge on any atom is 0.251 e. The number of aromatic hydroxyl groups is 2. The molecule has 174 valence electrons. The van der Waals surface area contributed by atoms with E-state index in [9.17, 15) is 19.8 Å². The zero-order valence-electron chi connectivity index (χ0n) is 19.4. The van der Waals surface area contributed by atoms with Crippen LogP contribution in [0, 0.1) is 0 Å². The molecular formula is C27H27N3O4. The fraction of sp³-hybridized carbons (Fsp3) is 0.259. The van der Waals surface area contributed by atoms with Crippen LogP contribution < -0.4 is 10.2 Å². The summed E-state index contributed by atoms with van der Waals surface area (Å²) in [7, 11) is 5.71. The van der Waals surface area contributed by atoms with Crippen molar-refractivity contribution < 1.29 is 19.8 Å². The Morgan fingerprint density at radius 2 is 1.71 bits per heavy atom. The molecule has 0 bridgehead atoms. The predicted molar refractivity (Wildman–Crippen MR) is 131 cm³/mol. The van der Waals surface area contributed by atoms with Crippen molar-refractivity contribution in [2.45, 2.75) is 17.4 Å². The molecule has 0 aromatic heterocycles. The van der Waals surface area contributed by atoms with Gasteiger partial charge in [0.05, 0.1) is 5.41 Å². The molecule has 1 spiro atoms. The number of para-hydroxylation sites is 1. The average molecular weight is 458 g/mol. The fourth-order valence-corrected chi connectivity index (χ4v) is 5.76. The summed E-state index contributed by atoms with van der Waals surface area (Å²) in [5.41, 5.74) is 0.670. The zero-order chi connectivity index (χ0) is 24.3. The number of nitrogens with zero attached hydrogens (tertiary/aromatic N) is 2. The van der Waals surface area contributed by atoms with E-state index in [1.807, 2.05) is 67.3 Å². The van der Waals surface area contributed by atoms with Gasteiger partial charge in [0, 0.05) is 43.1 Å². The second-order valence-corrected chi connectivity index (χ2v) is 9.26. The van der Waals surface area contributed by atoms with Gasteiger partial charge >= 0.3 is 0 Å². The number of hydrogen-bond donors (Lipinski definition) is 3. The molecule has 7 nitrogen and oxygen atoms in total. The van der Waals surface area contributed by atoms with Gasteiger partial charge in [-0.2, -0.15) is 0 Å². The summed E-state index contributed by atoms with van der Waals surface area (Å²) in [5, 5.41) is 23.4. The minimum atomic E-state index is -1.33. The third-order valence-corrected chi connectivity index (χ3v) is 7.41. The highest BCUT2D eigenvalue weighted by Crippen LogP contribution is 2.59. The number of carbonyl (C=O) groups excluding carboxylic acids is 2. The Hall–Kier alpha value is -3.84. The van der Waals surface area contributed by atoms with Crippen LogP contribution in [0.2, 0.25) is 0 Å². The smallest absolute Gasteiger partial charge is 0.251 e. The number of ketones is 1. The SMILES string of the molecule is CN(C)c1ccc(C(=O)C2(c3ccc(O)c(O)c3)CCN(C)C23C(=O)Nc2ccccc23)cc1. The summed E-state index contributed by atoms with van der Waals surface area (Å²) >= 11 is 0. The van der Waals surface area contributed by atoms with E-state index in [1.165, 1.54) is 12.1 Å². The van der Waals surface area contributed by atoms with Crippen molar-refractivity contribution in [1.29, 1.82) is 0 Å². The number of phenolic OH excluding ortho intramolecular Hbond substituents is 2. The van der Waals surface area contributed by atoms with Gasteiger partial charge < -0.3 is 20.4 Å². The normalized spacial score (nSPS) is 23.7. The monoisotopic (exact) mass is 457 g/mol. The molecule has 2 atom stereocenters. The molecule has 3 aromatic rings. The summed E-state index contributed by atoms with van der Waals surface area (Å²) in [4.78, 5) is 32.3. The van der Waals surface area contributed by atoms with Crippen LogP contribution in [0.15, 0.2) is 66.7 Å². The number of phenols is 2. The molecule has 2 aliphatic heterocycles. The Kier molecular flexibility index (Phi) is 4.91. The van der Waals surface area contributed by atoms with Crippen molar-refractivity contribution in [2.75, 3.05) is 37.9 Å². The number of fused-ring (bicyclic) bond motifs is 2. The van der Waals surface area contributed by atoms with Gasteiger partial charge in [-0.25, -0.2) is 0 Å². The second-order valence-electron chi connectivity index (χ2n) is 9.26. The standard InChI is InChI=1S/C27H27N3O4/c1-29(2)19-11-8-17(9-12-19)24(33)26(18-10-13-22(31)23(32)16-18)14-15-30(3)27(26)20-6-4-5-7-21(20)28-25(27)34/h4-13,16,31-32H,14-15H2,1-3H3,(H,28,34). The van der Waals surface area contributed by atoms with Gasteiger partial charge in [0.1, 0.15) is 5.54 Å². The Labute approximate surface area is 198 Å². The third kappa shape index (κ3) is 2.73. The van der Waals surface area contributed by atoms with E-state index in [0.29, 0.717) is 29.8 Å². The van der Waals surface area contributed by atoms with Gasteiger partial charge in [0.25, 0.3) is 5.91 Å². The zero-order valence-corrected chi connectivity index (χ0v) is 19.4. The van der Waals surface area contributed by atoms with Crippen molar-refractivity contribution in [3.63, 3.8) is 0 Å². The highest BCUT2D eigenvalue weighted by Gasteiger charge is 2.70. The number of nitrogens with one attached hydrogen (secondary N) is 1.